The number of carbonyl (C=O) groups excluding carboxylic acids is 1. The van der Waals surface area contributed by atoms with E-state index >= 15 is 0 Å². The Morgan fingerprint density at radius 1 is 0.950 bits per heavy atom. The normalized spacial score (nSPS) is 10.4. The van der Waals surface area contributed by atoms with Crippen LogP contribution in [-0.4, -0.2) is 22.9 Å². The van der Waals surface area contributed by atoms with Crippen LogP contribution in [-0.2, 0) is 0 Å². The van der Waals surface area contributed by atoms with E-state index in [9.17, 15) is 4.79 Å². The van der Waals surface area contributed by atoms with Crippen LogP contribution in [0, 0.1) is 0 Å². The molecule has 0 saturated heterocycles. The van der Waals surface area contributed by atoms with Crippen LogP contribution in [0.25, 0.3) is 11.0 Å². The zero-order valence-electron chi connectivity index (χ0n) is 10.9. The zero-order valence-corrected chi connectivity index (χ0v) is 10.9. The molecule has 0 saturated carbocycles. The number of ether oxygens (including phenoxy) is 1. The molecule has 0 bridgehead atoms. The van der Waals surface area contributed by atoms with E-state index in [1.54, 1.807) is 43.8 Å². The molecule has 3 rings (SSSR count). The lowest BCUT2D eigenvalue weighted by atomic mass is 10.0. The Morgan fingerprint density at radius 3 is 2.55 bits per heavy atom. The van der Waals surface area contributed by atoms with Gasteiger partial charge in [-0.15, -0.1) is 0 Å². The molecule has 0 amide bonds. The van der Waals surface area contributed by atoms with E-state index in [1.807, 2.05) is 18.2 Å². The van der Waals surface area contributed by atoms with Crippen LogP contribution in [0.4, 0.5) is 0 Å². The summed E-state index contributed by atoms with van der Waals surface area (Å²) in [5, 5.41) is 0. The topological polar surface area (TPSA) is 52.1 Å². The Kier molecular flexibility index (Phi) is 3.13. The summed E-state index contributed by atoms with van der Waals surface area (Å²) in [6.45, 7) is 0. The molecule has 4 heteroatoms. The number of rotatable bonds is 3. The van der Waals surface area contributed by atoms with Gasteiger partial charge in [-0.25, -0.2) is 0 Å². The maximum absolute atomic E-state index is 12.7. The van der Waals surface area contributed by atoms with Crippen molar-refractivity contribution in [1.82, 2.24) is 9.97 Å². The number of para-hydroxylation sites is 2. The van der Waals surface area contributed by atoms with Crippen LogP contribution >= 0.6 is 0 Å². The molecule has 0 N–H and O–H groups in total. The van der Waals surface area contributed by atoms with Crippen LogP contribution in [0.5, 0.6) is 5.75 Å². The van der Waals surface area contributed by atoms with E-state index in [-0.39, 0.29) is 5.78 Å². The molecule has 0 atom stereocenters. The van der Waals surface area contributed by atoms with Gasteiger partial charge in [0, 0.05) is 12.4 Å². The minimum absolute atomic E-state index is 0.117. The van der Waals surface area contributed by atoms with Gasteiger partial charge in [0.25, 0.3) is 0 Å². The van der Waals surface area contributed by atoms with E-state index in [0.717, 1.165) is 0 Å². The number of fused-ring (bicyclic) bond motifs is 1. The van der Waals surface area contributed by atoms with Gasteiger partial charge in [-0.2, -0.15) is 0 Å². The van der Waals surface area contributed by atoms with Gasteiger partial charge < -0.3 is 4.74 Å². The third kappa shape index (κ3) is 2.01. The lowest BCUT2D eigenvalue weighted by Crippen LogP contribution is -2.05. The average molecular weight is 264 g/mol. The largest absolute Gasteiger partial charge is 0.496 e. The first-order valence-electron chi connectivity index (χ1n) is 6.18. The minimum atomic E-state index is -0.117. The van der Waals surface area contributed by atoms with Gasteiger partial charge in [0.1, 0.15) is 5.75 Å². The first-order chi connectivity index (χ1) is 9.81. The minimum Gasteiger partial charge on any atom is -0.496 e. The summed E-state index contributed by atoms with van der Waals surface area (Å²) in [6, 6.07) is 12.6. The predicted octanol–water partition coefficient (Wildman–Crippen LogP) is 2.87. The second-order valence-corrected chi connectivity index (χ2v) is 4.26. The highest BCUT2D eigenvalue weighted by Crippen LogP contribution is 2.24. The summed E-state index contributed by atoms with van der Waals surface area (Å²) in [5.74, 6) is 0.437. The highest BCUT2D eigenvalue weighted by atomic mass is 16.5. The lowest BCUT2D eigenvalue weighted by Gasteiger charge is -2.08. The van der Waals surface area contributed by atoms with Gasteiger partial charge in [0.15, 0.2) is 5.78 Å². The smallest absolute Gasteiger partial charge is 0.199 e. The van der Waals surface area contributed by atoms with Crippen molar-refractivity contribution in [2.24, 2.45) is 0 Å². The van der Waals surface area contributed by atoms with Gasteiger partial charge in [-0.1, -0.05) is 18.2 Å². The fraction of sp³-hybridized carbons (Fsp3) is 0.0625. The number of methoxy groups -OCH3 is 1. The molecule has 1 heterocycles. The van der Waals surface area contributed by atoms with Gasteiger partial charge in [0.2, 0.25) is 0 Å². The van der Waals surface area contributed by atoms with Crippen LogP contribution in [0.2, 0.25) is 0 Å². The van der Waals surface area contributed by atoms with Crippen molar-refractivity contribution in [2.45, 2.75) is 0 Å². The molecule has 0 aliphatic carbocycles. The summed E-state index contributed by atoms with van der Waals surface area (Å²) >= 11 is 0. The van der Waals surface area contributed by atoms with E-state index in [0.29, 0.717) is 27.9 Å². The second kappa shape index (κ2) is 5.09. The molecule has 1 aromatic heterocycles. The third-order valence-corrected chi connectivity index (χ3v) is 3.09. The maximum atomic E-state index is 12.7. The monoisotopic (exact) mass is 264 g/mol. The summed E-state index contributed by atoms with van der Waals surface area (Å²) < 4.78 is 5.24. The number of benzene rings is 2. The van der Waals surface area contributed by atoms with Crippen LogP contribution in [0.15, 0.2) is 54.9 Å². The summed E-state index contributed by atoms with van der Waals surface area (Å²) in [6.07, 6.45) is 3.20. The molecule has 3 aromatic rings. The van der Waals surface area contributed by atoms with Gasteiger partial charge in [0.05, 0.1) is 29.3 Å². The van der Waals surface area contributed by atoms with Crippen molar-refractivity contribution in [3.63, 3.8) is 0 Å². The summed E-state index contributed by atoms with van der Waals surface area (Å²) in [7, 11) is 1.55. The molecule has 0 unspecified atom stereocenters. The molecule has 4 nitrogen and oxygen atoms in total. The molecule has 0 aliphatic rings. The molecule has 2 aromatic carbocycles. The number of aromatic nitrogens is 2. The molecule has 0 radical (unpaired) electrons. The Hall–Kier alpha value is -2.75. The summed E-state index contributed by atoms with van der Waals surface area (Å²) in [4.78, 5) is 21.2. The summed E-state index contributed by atoms with van der Waals surface area (Å²) in [5.41, 5.74) is 2.35. The third-order valence-electron chi connectivity index (χ3n) is 3.09. The Balaban J connectivity index is 2.18. The highest BCUT2D eigenvalue weighted by molar-refractivity contribution is 6.16. The average Bonchev–Trinajstić information content (AvgIpc) is 2.53. The number of hydrogen-bond acceptors (Lipinski definition) is 4. The van der Waals surface area contributed by atoms with E-state index in [1.165, 1.54) is 0 Å². The van der Waals surface area contributed by atoms with E-state index in [4.69, 9.17) is 4.74 Å². The quantitative estimate of drug-likeness (QED) is 0.682. The van der Waals surface area contributed by atoms with Crippen LogP contribution in [0.1, 0.15) is 15.9 Å². The predicted molar refractivity (Wildman–Crippen MR) is 76.0 cm³/mol. The van der Waals surface area contributed by atoms with Crippen molar-refractivity contribution in [3.8, 4) is 5.75 Å². The first-order valence-corrected chi connectivity index (χ1v) is 6.18. The Morgan fingerprint density at radius 2 is 1.70 bits per heavy atom. The maximum Gasteiger partial charge on any atom is 0.199 e. The van der Waals surface area contributed by atoms with Gasteiger partial charge in [-0.3, -0.25) is 14.8 Å². The fourth-order valence-corrected chi connectivity index (χ4v) is 2.15. The second-order valence-electron chi connectivity index (χ2n) is 4.26. The molecular weight excluding hydrogens is 252 g/mol. The molecule has 0 aliphatic heterocycles. The molecule has 0 spiro atoms. The van der Waals surface area contributed by atoms with E-state index < -0.39 is 0 Å². The van der Waals surface area contributed by atoms with Gasteiger partial charge in [-0.05, 0) is 24.3 Å². The first kappa shape index (κ1) is 12.3. The standard InChI is InChI=1S/C16H12N2O2/c1-20-14-8-3-2-5-11(14)16(19)12-6-4-7-13-15(12)18-10-9-17-13/h2-10H,1H3. The van der Waals surface area contributed by atoms with Crippen molar-refractivity contribution in [3.05, 3.63) is 66.0 Å². The Labute approximate surface area is 116 Å². The van der Waals surface area contributed by atoms with Crippen molar-refractivity contribution < 1.29 is 9.53 Å². The molecule has 20 heavy (non-hydrogen) atoms. The molecule has 0 fully saturated rings. The van der Waals surface area contributed by atoms with E-state index in [2.05, 4.69) is 9.97 Å². The van der Waals surface area contributed by atoms with Crippen molar-refractivity contribution in [2.75, 3.05) is 7.11 Å². The fourth-order valence-electron chi connectivity index (χ4n) is 2.15. The zero-order chi connectivity index (χ0) is 13.9. The van der Waals surface area contributed by atoms with Crippen molar-refractivity contribution in [1.29, 1.82) is 0 Å². The molecule has 98 valence electrons. The molecular formula is C16H12N2O2. The van der Waals surface area contributed by atoms with Crippen LogP contribution < -0.4 is 4.74 Å². The van der Waals surface area contributed by atoms with Crippen molar-refractivity contribution >= 4 is 16.8 Å². The number of nitrogens with zero attached hydrogens (tertiary/aromatic N) is 2. The number of ketones is 1. The van der Waals surface area contributed by atoms with Gasteiger partial charge >= 0.3 is 0 Å². The number of hydrogen-bond donors (Lipinski definition) is 0. The number of carbonyl (C=O) groups is 1. The SMILES string of the molecule is COc1ccccc1C(=O)c1cccc2nccnc12. The lowest BCUT2D eigenvalue weighted by molar-refractivity contribution is 0.103. The highest BCUT2D eigenvalue weighted by Gasteiger charge is 2.17. The van der Waals surface area contributed by atoms with Crippen LogP contribution in [0.3, 0.4) is 0 Å². The Bertz CT molecular complexity index is 779.